The zero-order chi connectivity index (χ0) is 27.9. The van der Waals surface area contributed by atoms with E-state index in [1.807, 2.05) is 72.5 Å². The van der Waals surface area contributed by atoms with Crippen LogP contribution in [0.2, 0.25) is 0 Å². The normalized spacial score (nSPS) is 20.0. The highest BCUT2D eigenvalue weighted by atomic mass is 16.5. The summed E-state index contributed by atoms with van der Waals surface area (Å²) in [4.78, 5) is 15.9. The molecule has 0 amide bonds. The molecule has 200 valence electrons. The molecule has 1 aliphatic carbocycles. The average Bonchev–Trinajstić information content (AvgIpc) is 2.92. The lowest BCUT2D eigenvalue weighted by atomic mass is 9.67. The van der Waals surface area contributed by atoms with E-state index in [1.165, 1.54) is 0 Å². The van der Waals surface area contributed by atoms with Gasteiger partial charge in [0, 0.05) is 40.1 Å². The lowest BCUT2D eigenvalue weighted by Crippen LogP contribution is -2.45. The fourth-order valence-electron chi connectivity index (χ4n) is 5.72. The number of hydrogen-bond acceptors (Lipinski definition) is 5. The van der Waals surface area contributed by atoms with Gasteiger partial charge >= 0.3 is 0 Å². The molecule has 1 aliphatic heterocycles. The van der Waals surface area contributed by atoms with E-state index in [1.54, 1.807) is 26.4 Å². The van der Waals surface area contributed by atoms with Gasteiger partial charge in [-0.05, 0) is 49.1 Å². The Labute approximate surface area is 229 Å². The lowest BCUT2D eigenvalue weighted by molar-refractivity contribution is -0.118. The molecule has 6 nitrogen and oxygen atoms in total. The van der Waals surface area contributed by atoms with Crippen LogP contribution in [0.25, 0.3) is 5.76 Å². The van der Waals surface area contributed by atoms with Gasteiger partial charge in [0.05, 0.1) is 20.1 Å². The SMILES string of the molecule is COc1ccc(OC)c([C@H]2C3=C(CC(C)(C)CC3=O)N(c3ccccc3)C(=N)/C2=C(/O)c2ccc(C)cc2)c1. The highest BCUT2D eigenvalue weighted by Gasteiger charge is 2.47. The van der Waals surface area contributed by atoms with E-state index in [4.69, 9.17) is 9.47 Å². The Balaban J connectivity index is 1.89. The van der Waals surface area contributed by atoms with Crippen molar-refractivity contribution in [1.29, 1.82) is 5.41 Å². The number of aryl methyl sites for hydroxylation is 1. The summed E-state index contributed by atoms with van der Waals surface area (Å²) in [5, 5.41) is 21.5. The molecule has 3 aromatic carbocycles. The predicted octanol–water partition coefficient (Wildman–Crippen LogP) is 7.21. The van der Waals surface area contributed by atoms with Crippen LogP contribution in [0.3, 0.4) is 0 Å². The maximum Gasteiger partial charge on any atom is 0.162 e. The van der Waals surface area contributed by atoms with Crippen LogP contribution in [0.1, 0.15) is 49.3 Å². The van der Waals surface area contributed by atoms with Crippen molar-refractivity contribution in [3.05, 3.63) is 106 Å². The van der Waals surface area contributed by atoms with Gasteiger partial charge in [-0.25, -0.2) is 0 Å². The average molecular weight is 523 g/mol. The first-order valence-corrected chi connectivity index (χ1v) is 13.1. The summed E-state index contributed by atoms with van der Waals surface area (Å²) in [6, 6.07) is 22.6. The first-order chi connectivity index (χ1) is 18.6. The topological polar surface area (TPSA) is 82.9 Å². The van der Waals surface area contributed by atoms with Crippen LogP contribution in [0, 0.1) is 17.7 Å². The molecule has 0 fully saturated rings. The van der Waals surface area contributed by atoms with E-state index in [9.17, 15) is 15.3 Å². The Hall–Kier alpha value is -4.32. The smallest absolute Gasteiger partial charge is 0.162 e. The Morgan fingerprint density at radius 2 is 1.67 bits per heavy atom. The minimum Gasteiger partial charge on any atom is -0.507 e. The number of carbonyl (C=O) groups excluding carboxylic acids is 1. The van der Waals surface area contributed by atoms with Crippen LogP contribution >= 0.6 is 0 Å². The zero-order valence-corrected chi connectivity index (χ0v) is 23.0. The molecule has 2 N–H and O–H groups in total. The minimum atomic E-state index is -0.720. The van der Waals surface area contributed by atoms with Gasteiger partial charge in [0.2, 0.25) is 0 Å². The van der Waals surface area contributed by atoms with Gasteiger partial charge in [0.15, 0.2) is 5.78 Å². The summed E-state index contributed by atoms with van der Waals surface area (Å²) < 4.78 is 11.3. The molecule has 2 aliphatic rings. The molecule has 39 heavy (non-hydrogen) atoms. The number of nitrogens with one attached hydrogen (secondary N) is 1. The van der Waals surface area contributed by atoms with Crippen molar-refractivity contribution in [2.24, 2.45) is 5.41 Å². The fraction of sp³-hybridized carbons (Fsp3) is 0.273. The molecule has 5 rings (SSSR count). The summed E-state index contributed by atoms with van der Waals surface area (Å²) in [6.07, 6.45) is 0.968. The van der Waals surface area contributed by atoms with Crippen LogP contribution in [0.15, 0.2) is 89.6 Å². The summed E-state index contributed by atoms with van der Waals surface area (Å²) in [5.41, 5.74) is 4.49. The van der Waals surface area contributed by atoms with Gasteiger partial charge in [-0.1, -0.05) is 61.9 Å². The number of aliphatic hydroxyl groups is 1. The minimum absolute atomic E-state index is 0.00115. The van der Waals surface area contributed by atoms with Crippen molar-refractivity contribution >= 4 is 23.1 Å². The second kappa shape index (κ2) is 10.1. The first kappa shape index (κ1) is 26.3. The molecule has 3 aromatic rings. The van der Waals surface area contributed by atoms with Gasteiger partial charge in [0.25, 0.3) is 0 Å². The second-order valence-corrected chi connectivity index (χ2v) is 11.0. The summed E-state index contributed by atoms with van der Waals surface area (Å²) >= 11 is 0. The molecule has 0 radical (unpaired) electrons. The van der Waals surface area contributed by atoms with Gasteiger partial charge in [-0.2, -0.15) is 0 Å². The van der Waals surface area contributed by atoms with Crippen molar-refractivity contribution in [3.63, 3.8) is 0 Å². The number of hydrogen-bond donors (Lipinski definition) is 2. The number of amidine groups is 1. The Morgan fingerprint density at radius 1 is 0.974 bits per heavy atom. The van der Waals surface area contributed by atoms with Crippen LogP contribution in [0.4, 0.5) is 5.69 Å². The van der Waals surface area contributed by atoms with Crippen molar-refractivity contribution in [2.45, 2.75) is 39.5 Å². The molecule has 0 saturated carbocycles. The Kier molecular flexibility index (Phi) is 6.81. The molecular weight excluding hydrogens is 488 g/mol. The molecule has 0 unspecified atom stereocenters. The number of Topliss-reactive ketones (excluding diaryl/α,β-unsaturated/α-hetero) is 1. The van der Waals surface area contributed by atoms with E-state index in [0.29, 0.717) is 46.6 Å². The number of para-hydroxylation sites is 1. The number of aliphatic hydroxyl groups excluding tert-OH is 1. The molecule has 0 spiro atoms. The summed E-state index contributed by atoms with van der Waals surface area (Å²) in [7, 11) is 3.17. The van der Waals surface area contributed by atoms with E-state index in [2.05, 4.69) is 13.8 Å². The van der Waals surface area contributed by atoms with Crippen LogP contribution in [-0.2, 0) is 4.79 Å². The maximum absolute atomic E-state index is 14.1. The number of rotatable bonds is 5. The number of ketones is 1. The Morgan fingerprint density at radius 3 is 2.31 bits per heavy atom. The molecule has 0 aromatic heterocycles. The number of carbonyl (C=O) groups is 1. The van der Waals surface area contributed by atoms with E-state index in [-0.39, 0.29) is 22.8 Å². The third-order valence-electron chi connectivity index (χ3n) is 7.56. The van der Waals surface area contributed by atoms with Crippen LogP contribution in [0.5, 0.6) is 11.5 Å². The highest BCUT2D eigenvalue weighted by Crippen LogP contribution is 2.53. The third kappa shape index (κ3) is 4.71. The molecular formula is C33H34N2O4. The Bertz CT molecular complexity index is 1500. The largest absolute Gasteiger partial charge is 0.507 e. The number of ether oxygens (including phenoxy) is 2. The zero-order valence-electron chi connectivity index (χ0n) is 23.0. The lowest BCUT2D eigenvalue weighted by Gasteiger charge is -2.45. The number of methoxy groups -OCH3 is 2. The van der Waals surface area contributed by atoms with Crippen molar-refractivity contribution in [1.82, 2.24) is 0 Å². The molecule has 0 saturated heterocycles. The standard InChI is InChI=1S/C33H34N2O4/c1-20-11-13-21(14-12-20)31(37)30-28(24-17-23(38-4)15-16-27(24)39-5)29-25(18-33(2,3)19-26(29)36)35(32(30)34)22-9-7-6-8-10-22/h6-17,28,34,37H,18-19H2,1-5H3/b31-30+,34-32?/t28-/m0/s1. The molecule has 0 bridgehead atoms. The van der Waals surface area contributed by atoms with E-state index < -0.39 is 5.92 Å². The quantitative estimate of drug-likeness (QED) is 0.346. The van der Waals surface area contributed by atoms with Gasteiger partial charge in [0.1, 0.15) is 23.1 Å². The second-order valence-electron chi connectivity index (χ2n) is 11.0. The molecule has 6 heteroatoms. The summed E-state index contributed by atoms with van der Waals surface area (Å²) in [5.74, 6) is 0.516. The molecule has 1 heterocycles. The molecule has 1 atom stereocenters. The fourth-order valence-corrected chi connectivity index (χ4v) is 5.72. The van der Waals surface area contributed by atoms with Crippen molar-refractivity contribution < 1.29 is 19.4 Å². The van der Waals surface area contributed by atoms with E-state index >= 15 is 0 Å². The predicted molar refractivity (Wildman–Crippen MR) is 155 cm³/mol. The van der Waals surface area contributed by atoms with Crippen molar-refractivity contribution in [3.8, 4) is 11.5 Å². The highest BCUT2D eigenvalue weighted by molar-refractivity contribution is 6.19. The van der Waals surface area contributed by atoms with Crippen molar-refractivity contribution in [2.75, 3.05) is 19.1 Å². The number of nitrogens with zero attached hydrogens (tertiary/aromatic N) is 1. The monoisotopic (exact) mass is 522 g/mol. The van der Waals surface area contributed by atoms with Gasteiger partial charge in [-0.15, -0.1) is 0 Å². The van der Waals surface area contributed by atoms with Gasteiger partial charge < -0.3 is 14.6 Å². The number of anilines is 1. The third-order valence-corrected chi connectivity index (χ3v) is 7.56. The first-order valence-electron chi connectivity index (χ1n) is 13.1. The van der Waals surface area contributed by atoms with Crippen LogP contribution in [-0.4, -0.2) is 30.9 Å². The maximum atomic E-state index is 14.1. The number of benzene rings is 3. The van der Waals surface area contributed by atoms with Crippen LogP contribution < -0.4 is 14.4 Å². The van der Waals surface area contributed by atoms with E-state index in [0.717, 1.165) is 16.9 Å². The summed E-state index contributed by atoms with van der Waals surface area (Å²) in [6.45, 7) is 6.15. The van der Waals surface area contributed by atoms with Gasteiger partial charge in [-0.3, -0.25) is 15.1 Å². The number of allylic oxidation sites excluding steroid dienone is 2.